The molecule has 0 radical (unpaired) electrons. The van der Waals surface area contributed by atoms with Crippen LogP contribution in [0.5, 0.6) is 0 Å². The minimum Gasteiger partial charge on any atom is -0.382 e. The molecule has 1 aliphatic rings. The summed E-state index contributed by atoms with van der Waals surface area (Å²) in [6.45, 7) is 6.60. The molecule has 1 aromatic rings. The van der Waals surface area contributed by atoms with Crippen molar-refractivity contribution in [2.24, 2.45) is 0 Å². The van der Waals surface area contributed by atoms with Crippen molar-refractivity contribution >= 4 is 5.91 Å². The van der Waals surface area contributed by atoms with E-state index in [0.29, 0.717) is 25.5 Å². The highest BCUT2D eigenvalue weighted by Crippen LogP contribution is 2.16. The van der Waals surface area contributed by atoms with Gasteiger partial charge in [-0.1, -0.05) is 0 Å². The normalized spacial score (nSPS) is 19.0. The van der Waals surface area contributed by atoms with Crippen LogP contribution in [0.15, 0.2) is 12.3 Å². The fraction of sp³-hybridized carbons (Fsp3) is 0.714. The second-order valence-corrected chi connectivity index (χ2v) is 5.30. The minimum absolute atomic E-state index is 0.0118. The molecule has 6 nitrogen and oxygen atoms in total. The standard InChI is InChI=1S/C14H23N3O3/c1-11(2)17-7-5-13(15-17)14(18)16-6-4-12(10-16)20-9-8-19-3/h5,7,11-12H,4,6,8-10H2,1-3H3/t12-/m1/s1. The molecule has 1 aromatic heterocycles. The van der Waals surface area contributed by atoms with Gasteiger partial charge in [0, 0.05) is 32.4 Å². The Morgan fingerprint density at radius 3 is 2.95 bits per heavy atom. The zero-order valence-electron chi connectivity index (χ0n) is 12.4. The molecule has 0 aromatic carbocycles. The van der Waals surface area contributed by atoms with Gasteiger partial charge in [-0.2, -0.15) is 5.10 Å². The fourth-order valence-corrected chi connectivity index (χ4v) is 2.25. The second-order valence-electron chi connectivity index (χ2n) is 5.30. The highest BCUT2D eigenvalue weighted by atomic mass is 16.5. The zero-order chi connectivity index (χ0) is 14.5. The van der Waals surface area contributed by atoms with Crippen molar-refractivity contribution in [2.45, 2.75) is 32.4 Å². The van der Waals surface area contributed by atoms with E-state index >= 15 is 0 Å². The molecule has 1 atom stereocenters. The topological polar surface area (TPSA) is 56.6 Å². The highest BCUT2D eigenvalue weighted by molar-refractivity contribution is 5.92. The Balaban J connectivity index is 1.87. The summed E-state index contributed by atoms with van der Waals surface area (Å²) in [6.07, 6.45) is 2.84. The summed E-state index contributed by atoms with van der Waals surface area (Å²) in [7, 11) is 1.65. The van der Waals surface area contributed by atoms with Gasteiger partial charge in [-0.05, 0) is 26.3 Å². The molecule has 112 valence electrons. The average Bonchev–Trinajstić information content (AvgIpc) is 3.07. The maximum Gasteiger partial charge on any atom is 0.274 e. The molecule has 0 unspecified atom stereocenters. The number of carbonyl (C=O) groups is 1. The van der Waals surface area contributed by atoms with Gasteiger partial charge in [0.1, 0.15) is 5.69 Å². The Labute approximate surface area is 119 Å². The summed E-state index contributed by atoms with van der Waals surface area (Å²) in [5, 5.41) is 4.32. The maximum absolute atomic E-state index is 12.3. The van der Waals surface area contributed by atoms with Crippen LogP contribution in [0.1, 0.15) is 36.8 Å². The van der Waals surface area contributed by atoms with Crippen LogP contribution in [-0.2, 0) is 9.47 Å². The summed E-state index contributed by atoms with van der Waals surface area (Å²) in [6, 6.07) is 2.04. The molecule has 0 saturated carbocycles. The van der Waals surface area contributed by atoms with E-state index in [2.05, 4.69) is 5.10 Å². The van der Waals surface area contributed by atoms with Gasteiger partial charge in [-0.15, -0.1) is 0 Å². The predicted octanol–water partition coefficient (Wildman–Crippen LogP) is 1.34. The summed E-state index contributed by atoms with van der Waals surface area (Å²) < 4.78 is 12.4. The number of aromatic nitrogens is 2. The predicted molar refractivity (Wildman–Crippen MR) is 74.7 cm³/mol. The number of likely N-dealkylation sites (tertiary alicyclic amines) is 1. The molecule has 0 aliphatic carbocycles. The summed E-state index contributed by atoms with van der Waals surface area (Å²) in [5.74, 6) is -0.0118. The van der Waals surface area contributed by atoms with Crippen molar-refractivity contribution in [2.75, 3.05) is 33.4 Å². The van der Waals surface area contributed by atoms with Crippen LogP contribution < -0.4 is 0 Å². The van der Waals surface area contributed by atoms with E-state index in [-0.39, 0.29) is 18.1 Å². The molecule has 1 saturated heterocycles. The number of amides is 1. The van der Waals surface area contributed by atoms with Crippen molar-refractivity contribution in [1.82, 2.24) is 14.7 Å². The molecule has 2 heterocycles. The third-order valence-electron chi connectivity index (χ3n) is 3.43. The van der Waals surface area contributed by atoms with Gasteiger partial charge in [-0.25, -0.2) is 0 Å². The molecule has 1 fully saturated rings. The average molecular weight is 281 g/mol. The molecule has 0 bridgehead atoms. The van der Waals surface area contributed by atoms with Crippen LogP contribution >= 0.6 is 0 Å². The van der Waals surface area contributed by atoms with Crippen molar-refractivity contribution in [3.8, 4) is 0 Å². The van der Waals surface area contributed by atoms with Crippen molar-refractivity contribution < 1.29 is 14.3 Å². The lowest BCUT2D eigenvalue weighted by Gasteiger charge is -2.15. The van der Waals surface area contributed by atoms with Gasteiger partial charge in [0.25, 0.3) is 5.91 Å². The third kappa shape index (κ3) is 3.58. The van der Waals surface area contributed by atoms with Crippen LogP contribution in [0.2, 0.25) is 0 Å². The van der Waals surface area contributed by atoms with Gasteiger partial charge < -0.3 is 14.4 Å². The number of methoxy groups -OCH3 is 1. The number of nitrogens with zero attached hydrogens (tertiary/aromatic N) is 3. The van der Waals surface area contributed by atoms with E-state index in [9.17, 15) is 4.79 Å². The number of ether oxygens (including phenoxy) is 2. The van der Waals surface area contributed by atoms with Gasteiger partial charge in [0.2, 0.25) is 0 Å². The largest absolute Gasteiger partial charge is 0.382 e. The van der Waals surface area contributed by atoms with E-state index in [0.717, 1.165) is 13.0 Å². The SMILES string of the molecule is COCCO[C@@H]1CCN(C(=O)c2ccn(C(C)C)n2)C1. The van der Waals surface area contributed by atoms with Crippen LogP contribution in [0, 0.1) is 0 Å². The van der Waals surface area contributed by atoms with Gasteiger partial charge in [0.05, 0.1) is 19.3 Å². The van der Waals surface area contributed by atoms with Gasteiger partial charge in [-0.3, -0.25) is 9.48 Å². The Kier molecular flexibility index (Phi) is 5.14. The number of hydrogen-bond donors (Lipinski definition) is 0. The van der Waals surface area contributed by atoms with Crippen molar-refractivity contribution in [1.29, 1.82) is 0 Å². The van der Waals surface area contributed by atoms with Crippen LogP contribution in [0.4, 0.5) is 0 Å². The summed E-state index contributed by atoms with van der Waals surface area (Å²) in [4.78, 5) is 14.1. The molecule has 1 aliphatic heterocycles. The minimum atomic E-state index is -0.0118. The van der Waals surface area contributed by atoms with E-state index in [4.69, 9.17) is 9.47 Å². The fourth-order valence-electron chi connectivity index (χ4n) is 2.25. The number of carbonyl (C=O) groups excluding carboxylic acids is 1. The van der Waals surface area contributed by atoms with E-state index in [1.54, 1.807) is 17.9 Å². The first-order chi connectivity index (χ1) is 9.61. The van der Waals surface area contributed by atoms with Crippen LogP contribution in [0.3, 0.4) is 0 Å². The Bertz CT molecular complexity index is 445. The second kappa shape index (κ2) is 6.85. The molecule has 2 rings (SSSR count). The first kappa shape index (κ1) is 15.0. The lowest BCUT2D eigenvalue weighted by atomic mass is 10.3. The molecule has 0 spiro atoms. The Morgan fingerprint density at radius 2 is 2.30 bits per heavy atom. The van der Waals surface area contributed by atoms with E-state index < -0.39 is 0 Å². The Hall–Kier alpha value is -1.40. The molecular weight excluding hydrogens is 258 g/mol. The van der Waals surface area contributed by atoms with E-state index in [1.165, 1.54) is 0 Å². The molecule has 1 amide bonds. The monoisotopic (exact) mass is 281 g/mol. The molecule has 20 heavy (non-hydrogen) atoms. The maximum atomic E-state index is 12.3. The molecule has 6 heteroatoms. The van der Waals surface area contributed by atoms with E-state index in [1.807, 2.05) is 24.9 Å². The first-order valence-corrected chi connectivity index (χ1v) is 7.06. The smallest absolute Gasteiger partial charge is 0.274 e. The van der Waals surface area contributed by atoms with Gasteiger partial charge in [0.15, 0.2) is 0 Å². The lowest BCUT2D eigenvalue weighted by Crippen LogP contribution is -2.31. The third-order valence-corrected chi connectivity index (χ3v) is 3.43. The number of rotatable bonds is 6. The quantitative estimate of drug-likeness (QED) is 0.738. The summed E-state index contributed by atoms with van der Waals surface area (Å²) >= 11 is 0. The van der Waals surface area contributed by atoms with Crippen LogP contribution in [-0.4, -0.2) is 60.1 Å². The molecule has 0 N–H and O–H groups in total. The van der Waals surface area contributed by atoms with Crippen LogP contribution in [0.25, 0.3) is 0 Å². The zero-order valence-corrected chi connectivity index (χ0v) is 12.4. The summed E-state index contributed by atoms with van der Waals surface area (Å²) in [5.41, 5.74) is 0.510. The molecular formula is C14H23N3O3. The first-order valence-electron chi connectivity index (χ1n) is 7.06. The van der Waals surface area contributed by atoms with Crippen molar-refractivity contribution in [3.05, 3.63) is 18.0 Å². The van der Waals surface area contributed by atoms with Crippen molar-refractivity contribution in [3.63, 3.8) is 0 Å². The van der Waals surface area contributed by atoms with Gasteiger partial charge >= 0.3 is 0 Å². The Morgan fingerprint density at radius 1 is 1.50 bits per heavy atom. The number of hydrogen-bond acceptors (Lipinski definition) is 4. The lowest BCUT2D eigenvalue weighted by molar-refractivity contribution is 0.0218. The highest BCUT2D eigenvalue weighted by Gasteiger charge is 2.28.